The Morgan fingerprint density at radius 2 is 1.59 bits per heavy atom. The van der Waals surface area contributed by atoms with E-state index in [2.05, 4.69) is 5.32 Å². The molecule has 0 spiro atoms. The number of likely N-dealkylation sites (N-methyl/N-ethyl adjacent to an activating group) is 1. The Morgan fingerprint density at radius 3 is 2.24 bits per heavy atom. The molecule has 0 saturated carbocycles. The van der Waals surface area contributed by atoms with Crippen LogP contribution >= 0.6 is 46.4 Å². The lowest BCUT2D eigenvalue weighted by atomic mass is 10.0. The van der Waals surface area contributed by atoms with Crippen LogP contribution in [-0.2, 0) is 29.0 Å². The number of nitrogens with one attached hydrogen (secondary N) is 1. The van der Waals surface area contributed by atoms with E-state index in [9.17, 15) is 9.59 Å². The van der Waals surface area contributed by atoms with Crippen LogP contribution in [0.3, 0.4) is 0 Å². The average Bonchev–Trinajstić information content (AvgIpc) is 2.81. The highest BCUT2D eigenvalue weighted by atomic mass is 35.5. The molecule has 8 heteroatoms. The smallest absolute Gasteiger partial charge is 0.243 e. The summed E-state index contributed by atoms with van der Waals surface area (Å²) >= 11 is 24.6. The summed E-state index contributed by atoms with van der Waals surface area (Å²) in [6.07, 6.45) is 0.371. The fraction of sp³-hybridized carbons (Fsp3) is 0.231. The first-order valence-electron chi connectivity index (χ1n) is 10.8. The Hall–Kier alpha value is -2.24. The Labute approximate surface area is 219 Å². The molecule has 34 heavy (non-hydrogen) atoms. The van der Waals surface area contributed by atoms with Crippen molar-refractivity contribution in [2.75, 3.05) is 6.54 Å². The molecule has 3 rings (SSSR count). The van der Waals surface area contributed by atoms with Crippen LogP contribution < -0.4 is 5.32 Å². The maximum Gasteiger partial charge on any atom is 0.243 e. The van der Waals surface area contributed by atoms with Crippen LogP contribution in [0.4, 0.5) is 0 Å². The van der Waals surface area contributed by atoms with Crippen molar-refractivity contribution in [1.29, 1.82) is 0 Å². The number of halogens is 4. The number of amides is 2. The molecule has 0 aromatic heterocycles. The second-order valence-electron chi connectivity index (χ2n) is 7.78. The fourth-order valence-corrected chi connectivity index (χ4v) is 4.41. The second kappa shape index (κ2) is 12.5. The van der Waals surface area contributed by atoms with Crippen molar-refractivity contribution in [2.45, 2.75) is 32.4 Å². The van der Waals surface area contributed by atoms with Gasteiger partial charge in [0.2, 0.25) is 11.8 Å². The van der Waals surface area contributed by atoms with Crippen molar-refractivity contribution >= 4 is 58.2 Å². The van der Waals surface area contributed by atoms with Crippen LogP contribution in [0, 0.1) is 0 Å². The van der Waals surface area contributed by atoms with Crippen molar-refractivity contribution in [2.24, 2.45) is 0 Å². The van der Waals surface area contributed by atoms with Gasteiger partial charge >= 0.3 is 0 Å². The standard InChI is InChI=1S/C26H24Cl4N2O2/c1-2-31-26(34)24(13-17-6-4-3-5-7-17)32(16-18-8-11-21(28)23(30)12-18)25(33)14-19-9-10-20(27)15-22(19)29/h3-12,15,24H,2,13-14,16H2,1H3,(H,31,34)/t24-/m1/s1. The summed E-state index contributed by atoms with van der Waals surface area (Å²) in [5, 5.41) is 4.54. The Morgan fingerprint density at radius 1 is 0.853 bits per heavy atom. The molecule has 1 atom stereocenters. The topological polar surface area (TPSA) is 49.4 Å². The third-order valence-electron chi connectivity index (χ3n) is 5.32. The SMILES string of the molecule is CCNC(=O)[C@@H](Cc1ccccc1)N(Cc1ccc(Cl)c(Cl)c1)C(=O)Cc1ccc(Cl)cc1Cl. The van der Waals surface area contributed by atoms with Crippen LogP contribution in [0.15, 0.2) is 66.7 Å². The zero-order valence-corrected chi connectivity index (χ0v) is 21.6. The lowest BCUT2D eigenvalue weighted by Gasteiger charge is -2.31. The summed E-state index contributed by atoms with van der Waals surface area (Å²) in [7, 11) is 0. The van der Waals surface area contributed by atoms with E-state index in [-0.39, 0.29) is 24.8 Å². The molecular weight excluding hydrogens is 514 g/mol. The van der Waals surface area contributed by atoms with Gasteiger partial charge in [-0.3, -0.25) is 9.59 Å². The first-order valence-corrected chi connectivity index (χ1v) is 12.3. The summed E-state index contributed by atoms with van der Waals surface area (Å²) in [6, 6.07) is 19.0. The minimum atomic E-state index is -0.740. The molecule has 0 heterocycles. The average molecular weight is 538 g/mol. The quantitative estimate of drug-likeness (QED) is 0.333. The molecule has 0 unspecified atom stereocenters. The van der Waals surface area contributed by atoms with Gasteiger partial charge in [0.1, 0.15) is 6.04 Å². The van der Waals surface area contributed by atoms with Gasteiger partial charge in [-0.15, -0.1) is 0 Å². The minimum absolute atomic E-state index is 0.0159. The molecule has 178 valence electrons. The molecule has 2 amide bonds. The highest BCUT2D eigenvalue weighted by Crippen LogP contribution is 2.26. The molecule has 3 aromatic rings. The van der Waals surface area contributed by atoms with Crippen LogP contribution in [-0.4, -0.2) is 29.3 Å². The molecule has 4 nitrogen and oxygen atoms in total. The normalized spacial score (nSPS) is 11.7. The minimum Gasteiger partial charge on any atom is -0.355 e. The third-order valence-corrected chi connectivity index (χ3v) is 6.64. The zero-order chi connectivity index (χ0) is 24.7. The molecule has 0 radical (unpaired) electrons. The monoisotopic (exact) mass is 536 g/mol. The van der Waals surface area contributed by atoms with Crippen LogP contribution in [0.1, 0.15) is 23.6 Å². The highest BCUT2D eigenvalue weighted by Gasteiger charge is 2.30. The molecule has 0 aliphatic rings. The Bertz CT molecular complexity index is 1150. The summed E-state index contributed by atoms with van der Waals surface area (Å²) in [5.41, 5.74) is 2.33. The third kappa shape index (κ3) is 7.13. The summed E-state index contributed by atoms with van der Waals surface area (Å²) in [5.74, 6) is -0.482. The van der Waals surface area contributed by atoms with E-state index in [1.54, 1.807) is 41.3 Å². The second-order valence-corrected chi connectivity index (χ2v) is 9.44. The van der Waals surface area contributed by atoms with E-state index in [0.29, 0.717) is 38.6 Å². The predicted octanol–water partition coefficient (Wildman–Crippen LogP) is 6.62. The van der Waals surface area contributed by atoms with Crippen molar-refractivity contribution in [3.63, 3.8) is 0 Å². The lowest BCUT2D eigenvalue weighted by Crippen LogP contribution is -2.51. The number of hydrogen-bond acceptors (Lipinski definition) is 2. The molecule has 0 fully saturated rings. The van der Waals surface area contributed by atoms with Gasteiger partial charge in [-0.05, 0) is 47.9 Å². The fourth-order valence-electron chi connectivity index (χ4n) is 3.61. The number of rotatable bonds is 9. The largest absolute Gasteiger partial charge is 0.355 e. The van der Waals surface area contributed by atoms with E-state index in [4.69, 9.17) is 46.4 Å². The molecule has 0 saturated heterocycles. The highest BCUT2D eigenvalue weighted by molar-refractivity contribution is 6.42. The summed E-state index contributed by atoms with van der Waals surface area (Å²) in [6.45, 7) is 2.47. The van der Waals surface area contributed by atoms with E-state index < -0.39 is 6.04 Å². The first kappa shape index (κ1) is 26.4. The Balaban J connectivity index is 1.99. The van der Waals surface area contributed by atoms with Gasteiger partial charge in [-0.2, -0.15) is 0 Å². The van der Waals surface area contributed by atoms with Gasteiger partial charge < -0.3 is 10.2 Å². The van der Waals surface area contributed by atoms with Gasteiger partial charge in [0.15, 0.2) is 0 Å². The molecule has 0 aliphatic carbocycles. The molecule has 1 N–H and O–H groups in total. The van der Waals surface area contributed by atoms with Crippen molar-refractivity contribution < 1.29 is 9.59 Å². The van der Waals surface area contributed by atoms with Crippen LogP contribution in [0.25, 0.3) is 0 Å². The maximum absolute atomic E-state index is 13.6. The number of nitrogens with zero attached hydrogens (tertiary/aromatic N) is 1. The first-order chi connectivity index (χ1) is 16.3. The van der Waals surface area contributed by atoms with E-state index in [1.807, 2.05) is 37.3 Å². The Kier molecular flexibility index (Phi) is 9.66. The molecule has 3 aromatic carbocycles. The summed E-state index contributed by atoms with van der Waals surface area (Å²) in [4.78, 5) is 28.4. The number of hydrogen-bond donors (Lipinski definition) is 1. The van der Waals surface area contributed by atoms with E-state index >= 15 is 0 Å². The summed E-state index contributed by atoms with van der Waals surface area (Å²) < 4.78 is 0. The van der Waals surface area contributed by atoms with Gasteiger partial charge in [0.05, 0.1) is 16.5 Å². The van der Waals surface area contributed by atoms with Crippen LogP contribution in [0.2, 0.25) is 20.1 Å². The van der Waals surface area contributed by atoms with Gasteiger partial charge in [-0.25, -0.2) is 0 Å². The molecule has 0 bridgehead atoms. The van der Waals surface area contributed by atoms with Crippen molar-refractivity contribution in [1.82, 2.24) is 10.2 Å². The van der Waals surface area contributed by atoms with Crippen LogP contribution in [0.5, 0.6) is 0 Å². The van der Waals surface area contributed by atoms with Gasteiger partial charge in [-0.1, -0.05) is 88.9 Å². The van der Waals surface area contributed by atoms with Gasteiger partial charge in [0.25, 0.3) is 0 Å². The number of benzene rings is 3. The maximum atomic E-state index is 13.6. The zero-order valence-electron chi connectivity index (χ0n) is 18.5. The molecular formula is C26H24Cl4N2O2. The predicted molar refractivity (Wildman–Crippen MR) is 140 cm³/mol. The number of carbonyl (C=O) groups is 2. The number of carbonyl (C=O) groups excluding carboxylic acids is 2. The van der Waals surface area contributed by atoms with E-state index in [0.717, 1.165) is 11.1 Å². The molecule has 0 aliphatic heterocycles. The van der Waals surface area contributed by atoms with Crippen molar-refractivity contribution in [3.8, 4) is 0 Å². The lowest BCUT2D eigenvalue weighted by molar-refractivity contribution is -0.140. The van der Waals surface area contributed by atoms with Gasteiger partial charge in [0, 0.05) is 29.6 Å². The van der Waals surface area contributed by atoms with E-state index in [1.165, 1.54) is 0 Å². The van der Waals surface area contributed by atoms with Crippen molar-refractivity contribution in [3.05, 3.63) is 104 Å².